The zero-order valence-electron chi connectivity index (χ0n) is 8.52. The van der Waals surface area contributed by atoms with Gasteiger partial charge in [-0.15, -0.1) is 0 Å². The highest BCUT2D eigenvalue weighted by Gasteiger charge is 2.21. The summed E-state index contributed by atoms with van der Waals surface area (Å²) in [5.74, 6) is -1.36. The van der Waals surface area contributed by atoms with E-state index in [1.54, 1.807) is 4.90 Å². The Hall–Kier alpha value is -1.14. The van der Waals surface area contributed by atoms with Crippen LogP contribution in [0.5, 0.6) is 0 Å². The number of nitrogens with two attached hydrogens (primary N) is 1. The number of aliphatic carboxylic acids is 1. The zero-order valence-corrected chi connectivity index (χ0v) is 8.52. The second-order valence-corrected chi connectivity index (χ2v) is 3.50. The normalized spacial score (nSPS) is 19.4. The summed E-state index contributed by atoms with van der Waals surface area (Å²) in [6.07, 6.45) is 0.642. The number of hydrogen-bond donors (Lipinski definition) is 2. The Morgan fingerprint density at radius 3 is 2.80 bits per heavy atom. The second kappa shape index (κ2) is 5.67. The Bertz CT molecular complexity index is 236. The van der Waals surface area contributed by atoms with Crippen molar-refractivity contribution in [3.8, 4) is 0 Å². The van der Waals surface area contributed by atoms with Gasteiger partial charge in [0.15, 0.2) is 0 Å². The van der Waals surface area contributed by atoms with Gasteiger partial charge in [-0.05, 0) is 6.42 Å². The molecule has 0 radical (unpaired) electrons. The minimum absolute atomic E-state index is 0.144. The van der Waals surface area contributed by atoms with Crippen LogP contribution in [0.1, 0.15) is 12.8 Å². The highest BCUT2D eigenvalue weighted by atomic mass is 16.5. The minimum atomic E-state index is -1.14. The molecule has 1 saturated heterocycles. The van der Waals surface area contributed by atoms with E-state index in [2.05, 4.69) is 0 Å². The van der Waals surface area contributed by atoms with Crippen molar-refractivity contribution < 1.29 is 19.4 Å². The molecule has 1 aliphatic heterocycles. The number of hydrogen-bond acceptors (Lipinski definition) is 4. The first kappa shape index (κ1) is 11.9. The first-order valence-electron chi connectivity index (χ1n) is 4.95. The lowest BCUT2D eigenvalue weighted by atomic mass is 10.2. The largest absolute Gasteiger partial charge is 0.480 e. The lowest BCUT2D eigenvalue weighted by Gasteiger charge is -2.20. The van der Waals surface area contributed by atoms with Crippen molar-refractivity contribution in [3.05, 3.63) is 0 Å². The molecule has 6 nitrogen and oxygen atoms in total. The molecule has 1 aliphatic rings. The number of ether oxygens (including phenoxy) is 1. The molecular formula is C9H16N2O4. The molecular weight excluding hydrogens is 200 g/mol. The Labute approximate surface area is 88.0 Å². The van der Waals surface area contributed by atoms with Gasteiger partial charge in [0.1, 0.15) is 6.04 Å². The van der Waals surface area contributed by atoms with E-state index in [4.69, 9.17) is 15.6 Å². The maximum atomic E-state index is 11.6. The van der Waals surface area contributed by atoms with Crippen LogP contribution in [0.4, 0.5) is 0 Å². The Morgan fingerprint density at radius 2 is 2.13 bits per heavy atom. The molecule has 6 heteroatoms. The van der Waals surface area contributed by atoms with Crippen molar-refractivity contribution in [3.63, 3.8) is 0 Å². The molecule has 1 atom stereocenters. The van der Waals surface area contributed by atoms with E-state index >= 15 is 0 Å². The van der Waals surface area contributed by atoms with Gasteiger partial charge in [-0.25, -0.2) is 0 Å². The van der Waals surface area contributed by atoms with Crippen LogP contribution in [-0.2, 0) is 14.3 Å². The standard InChI is InChI=1S/C9H16N2O4/c10-7(9(13)14)6-8(12)11-2-1-4-15-5-3-11/h7H,1-6,10H2,(H,13,14). The smallest absolute Gasteiger partial charge is 0.321 e. The van der Waals surface area contributed by atoms with Crippen LogP contribution in [0.25, 0.3) is 0 Å². The quantitative estimate of drug-likeness (QED) is 0.633. The van der Waals surface area contributed by atoms with Crippen LogP contribution in [0, 0.1) is 0 Å². The molecule has 1 rings (SSSR count). The third kappa shape index (κ3) is 3.85. The summed E-state index contributed by atoms with van der Waals surface area (Å²) in [5, 5.41) is 8.56. The van der Waals surface area contributed by atoms with E-state index in [-0.39, 0.29) is 12.3 Å². The Morgan fingerprint density at radius 1 is 1.40 bits per heavy atom. The van der Waals surface area contributed by atoms with E-state index in [9.17, 15) is 9.59 Å². The molecule has 0 aromatic heterocycles. The fraction of sp³-hybridized carbons (Fsp3) is 0.778. The minimum Gasteiger partial charge on any atom is -0.480 e. The van der Waals surface area contributed by atoms with Crippen molar-refractivity contribution in [2.45, 2.75) is 18.9 Å². The van der Waals surface area contributed by atoms with E-state index in [0.717, 1.165) is 6.42 Å². The molecule has 1 fully saturated rings. The third-order valence-electron chi connectivity index (χ3n) is 2.29. The molecule has 3 N–H and O–H groups in total. The summed E-state index contributed by atoms with van der Waals surface area (Å²) in [6.45, 7) is 2.29. The van der Waals surface area contributed by atoms with Crippen molar-refractivity contribution in [2.24, 2.45) is 5.73 Å². The summed E-state index contributed by atoms with van der Waals surface area (Å²) in [5.41, 5.74) is 5.28. The van der Waals surface area contributed by atoms with Crippen molar-refractivity contribution in [1.29, 1.82) is 0 Å². The molecule has 15 heavy (non-hydrogen) atoms. The van der Waals surface area contributed by atoms with Crippen LogP contribution < -0.4 is 5.73 Å². The molecule has 0 aromatic carbocycles. The van der Waals surface area contributed by atoms with E-state index in [0.29, 0.717) is 26.3 Å². The summed E-state index contributed by atoms with van der Waals surface area (Å²) < 4.78 is 5.19. The number of carbonyl (C=O) groups is 2. The summed E-state index contributed by atoms with van der Waals surface area (Å²) >= 11 is 0. The van der Waals surface area contributed by atoms with Gasteiger partial charge in [-0.2, -0.15) is 0 Å². The highest BCUT2D eigenvalue weighted by molar-refractivity contribution is 5.84. The SMILES string of the molecule is NC(CC(=O)N1CCCOCC1)C(=O)O. The molecule has 1 unspecified atom stereocenters. The molecule has 1 heterocycles. The maximum Gasteiger partial charge on any atom is 0.321 e. The van der Waals surface area contributed by atoms with Gasteiger partial charge in [0, 0.05) is 19.7 Å². The number of carboxylic acid groups (broad SMARTS) is 1. The lowest BCUT2D eigenvalue weighted by molar-refractivity contribution is -0.142. The van der Waals surface area contributed by atoms with Gasteiger partial charge in [0.2, 0.25) is 5.91 Å². The van der Waals surface area contributed by atoms with Gasteiger partial charge in [0.25, 0.3) is 0 Å². The first-order chi connectivity index (χ1) is 7.11. The molecule has 86 valence electrons. The highest BCUT2D eigenvalue weighted by Crippen LogP contribution is 2.03. The molecule has 0 spiro atoms. The van der Waals surface area contributed by atoms with Gasteiger partial charge in [-0.3, -0.25) is 9.59 Å². The van der Waals surface area contributed by atoms with Crippen LogP contribution in [0.2, 0.25) is 0 Å². The van der Waals surface area contributed by atoms with Crippen LogP contribution >= 0.6 is 0 Å². The van der Waals surface area contributed by atoms with E-state index in [1.165, 1.54) is 0 Å². The van der Waals surface area contributed by atoms with E-state index in [1.807, 2.05) is 0 Å². The molecule has 1 amide bonds. The fourth-order valence-corrected chi connectivity index (χ4v) is 1.40. The topological polar surface area (TPSA) is 92.9 Å². The monoisotopic (exact) mass is 216 g/mol. The van der Waals surface area contributed by atoms with Gasteiger partial charge in [-0.1, -0.05) is 0 Å². The van der Waals surface area contributed by atoms with Gasteiger partial charge in [0.05, 0.1) is 13.0 Å². The summed E-state index contributed by atoms with van der Waals surface area (Å²) in [4.78, 5) is 23.7. The fourth-order valence-electron chi connectivity index (χ4n) is 1.40. The summed E-state index contributed by atoms with van der Waals surface area (Å²) in [7, 11) is 0. The third-order valence-corrected chi connectivity index (χ3v) is 2.29. The average molecular weight is 216 g/mol. The maximum absolute atomic E-state index is 11.6. The average Bonchev–Trinajstić information content (AvgIpc) is 2.45. The zero-order chi connectivity index (χ0) is 11.3. The Kier molecular flexibility index (Phi) is 4.51. The molecule has 0 bridgehead atoms. The predicted molar refractivity (Wildman–Crippen MR) is 52.2 cm³/mol. The van der Waals surface area contributed by atoms with E-state index < -0.39 is 12.0 Å². The number of carboxylic acids is 1. The predicted octanol–water partition coefficient (Wildman–Crippen LogP) is -0.963. The van der Waals surface area contributed by atoms with Crippen molar-refractivity contribution in [1.82, 2.24) is 4.90 Å². The molecule has 0 aliphatic carbocycles. The van der Waals surface area contributed by atoms with Gasteiger partial charge < -0.3 is 20.5 Å². The van der Waals surface area contributed by atoms with Crippen LogP contribution in [0.3, 0.4) is 0 Å². The number of carbonyl (C=O) groups excluding carboxylic acids is 1. The summed E-state index contributed by atoms with van der Waals surface area (Å²) in [6, 6.07) is -1.11. The second-order valence-electron chi connectivity index (χ2n) is 3.50. The van der Waals surface area contributed by atoms with Crippen molar-refractivity contribution in [2.75, 3.05) is 26.3 Å². The van der Waals surface area contributed by atoms with Crippen molar-refractivity contribution >= 4 is 11.9 Å². The lowest BCUT2D eigenvalue weighted by Crippen LogP contribution is -2.40. The Balaban J connectivity index is 2.41. The molecule has 0 aromatic rings. The van der Waals surface area contributed by atoms with Gasteiger partial charge >= 0.3 is 5.97 Å². The number of nitrogens with zero attached hydrogens (tertiary/aromatic N) is 1. The van der Waals surface area contributed by atoms with Crippen LogP contribution in [-0.4, -0.2) is 54.2 Å². The number of rotatable bonds is 3. The molecule has 0 saturated carbocycles. The van der Waals surface area contributed by atoms with Crippen LogP contribution in [0.15, 0.2) is 0 Å². The number of amides is 1. The first-order valence-corrected chi connectivity index (χ1v) is 4.95.